The van der Waals surface area contributed by atoms with E-state index in [1.54, 1.807) is 22.8 Å². The third kappa shape index (κ3) is 3.57. The predicted molar refractivity (Wildman–Crippen MR) is 119 cm³/mol. The van der Waals surface area contributed by atoms with Crippen molar-refractivity contribution in [2.45, 2.75) is 44.8 Å². The first kappa shape index (κ1) is 21.3. The molecule has 2 fully saturated rings. The van der Waals surface area contributed by atoms with Gasteiger partial charge in [-0.05, 0) is 61.6 Å². The maximum atomic E-state index is 13.5. The highest BCUT2D eigenvalue weighted by Crippen LogP contribution is 2.48. The lowest BCUT2D eigenvalue weighted by molar-refractivity contribution is -0.127. The molecule has 1 aromatic heterocycles. The fraction of sp³-hybridized carbons (Fsp3) is 0.520. The number of hydrogen-bond acceptors (Lipinski definition) is 4. The van der Waals surface area contributed by atoms with Gasteiger partial charge in [-0.15, -0.1) is 0 Å². The average Bonchev–Trinajstić information content (AvgIpc) is 3.59. The minimum Gasteiger partial charge on any atom is -0.396 e. The van der Waals surface area contributed by atoms with Crippen LogP contribution < -0.4 is 10.9 Å². The Bertz CT molecular complexity index is 1060. The van der Waals surface area contributed by atoms with E-state index in [2.05, 4.69) is 17.1 Å². The van der Waals surface area contributed by atoms with Crippen LogP contribution in [0.3, 0.4) is 0 Å². The molecule has 2 N–H and O–H groups in total. The minimum absolute atomic E-state index is 0.0203. The van der Waals surface area contributed by atoms with Gasteiger partial charge in [0.2, 0.25) is 5.91 Å². The summed E-state index contributed by atoms with van der Waals surface area (Å²) in [5, 5.41) is 13.4. The van der Waals surface area contributed by atoms with E-state index in [9.17, 15) is 19.1 Å². The van der Waals surface area contributed by atoms with Crippen LogP contribution in [0.5, 0.6) is 0 Å². The first-order chi connectivity index (χ1) is 15.5. The Hall–Kier alpha value is -2.51. The Morgan fingerprint density at radius 3 is 2.59 bits per heavy atom. The minimum atomic E-state index is -0.389. The molecule has 7 heteroatoms. The number of hydrogen-bond donors (Lipinski definition) is 2. The van der Waals surface area contributed by atoms with Gasteiger partial charge < -0.3 is 15.0 Å². The first-order valence-electron chi connectivity index (χ1n) is 11.7. The molecule has 170 valence electrons. The van der Waals surface area contributed by atoms with Crippen LogP contribution in [-0.4, -0.2) is 46.2 Å². The van der Waals surface area contributed by atoms with Crippen molar-refractivity contribution in [1.29, 1.82) is 0 Å². The first-order valence-corrected chi connectivity index (χ1v) is 11.7. The second-order valence-electron chi connectivity index (χ2n) is 9.41. The van der Waals surface area contributed by atoms with E-state index in [-0.39, 0.29) is 47.8 Å². The topological polar surface area (TPSA) is 74.6 Å². The fourth-order valence-corrected chi connectivity index (χ4v) is 5.62. The molecule has 2 bridgehead atoms. The molecule has 2 aliphatic heterocycles. The lowest BCUT2D eigenvalue weighted by Crippen LogP contribution is -2.47. The lowest BCUT2D eigenvalue weighted by Gasteiger charge is -2.38. The average molecular weight is 440 g/mol. The molecule has 5 rings (SSSR count). The molecular weight excluding hydrogens is 409 g/mol. The summed E-state index contributed by atoms with van der Waals surface area (Å²) in [6.07, 6.45) is 3.25. The zero-order valence-corrected chi connectivity index (χ0v) is 18.3. The van der Waals surface area contributed by atoms with E-state index in [1.165, 1.54) is 12.1 Å². The molecule has 0 spiro atoms. The number of benzene rings is 1. The summed E-state index contributed by atoms with van der Waals surface area (Å²) < 4.78 is 15.1. The molecule has 0 radical (unpaired) electrons. The normalized spacial score (nSPS) is 26.7. The Balaban J connectivity index is 1.55. The Kier molecular flexibility index (Phi) is 5.63. The van der Waals surface area contributed by atoms with Crippen LogP contribution in [-0.2, 0) is 11.3 Å². The maximum absolute atomic E-state index is 13.5. The number of aromatic nitrogens is 1. The van der Waals surface area contributed by atoms with Crippen LogP contribution in [0.2, 0.25) is 0 Å². The zero-order chi connectivity index (χ0) is 22.4. The lowest BCUT2D eigenvalue weighted by atomic mass is 9.86. The van der Waals surface area contributed by atoms with E-state index in [1.807, 2.05) is 6.07 Å². The SMILES string of the molecule is CCCN1[C@@H]2c3ccc(-c4ccc(F)cc4)c(=O)n3C[C@H]1[C@H](CO)[C@H]2C(=O)NCC1CC1. The molecule has 32 heavy (non-hydrogen) atoms. The second-order valence-corrected chi connectivity index (χ2v) is 9.41. The monoisotopic (exact) mass is 439 g/mol. The van der Waals surface area contributed by atoms with E-state index in [0.29, 0.717) is 30.1 Å². The van der Waals surface area contributed by atoms with Gasteiger partial charge in [0, 0.05) is 42.9 Å². The number of carbonyl (C=O) groups excluding carboxylic acids is 1. The van der Waals surface area contributed by atoms with Gasteiger partial charge in [-0.2, -0.15) is 0 Å². The summed E-state index contributed by atoms with van der Waals surface area (Å²) in [5.74, 6) is -0.398. The third-order valence-corrected chi connectivity index (χ3v) is 7.37. The molecule has 1 saturated carbocycles. The van der Waals surface area contributed by atoms with Gasteiger partial charge in [0.1, 0.15) is 5.82 Å². The van der Waals surface area contributed by atoms with Gasteiger partial charge in [0.05, 0.1) is 12.0 Å². The van der Waals surface area contributed by atoms with Crippen molar-refractivity contribution in [2.75, 3.05) is 19.7 Å². The number of amides is 1. The maximum Gasteiger partial charge on any atom is 0.258 e. The summed E-state index contributed by atoms with van der Waals surface area (Å²) in [7, 11) is 0. The van der Waals surface area contributed by atoms with Crippen LogP contribution in [0.25, 0.3) is 11.1 Å². The number of rotatable bonds is 7. The van der Waals surface area contributed by atoms with Crippen molar-refractivity contribution in [3.8, 4) is 11.1 Å². The highest BCUT2D eigenvalue weighted by Gasteiger charge is 2.55. The molecule has 3 heterocycles. The van der Waals surface area contributed by atoms with E-state index < -0.39 is 0 Å². The molecule has 1 amide bonds. The van der Waals surface area contributed by atoms with Crippen LogP contribution >= 0.6 is 0 Å². The summed E-state index contributed by atoms with van der Waals surface area (Å²) in [6.45, 7) is 3.96. The smallest absolute Gasteiger partial charge is 0.258 e. The van der Waals surface area contributed by atoms with E-state index in [4.69, 9.17) is 0 Å². The molecule has 2 aromatic rings. The predicted octanol–water partition coefficient (Wildman–Crippen LogP) is 2.55. The number of aliphatic hydroxyl groups excluding tert-OH is 1. The number of aliphatic hydroxyl groups is 1. The molecule has 6 nitrogen and oxygen atoms in total. The second kappa shape index (κ2) is 8.45. The van der Waals surface area contributed by atoms with Crippen molar-refractivity contribution in [3.05, 3.63) is 58.3 Å². The summed E-state index contributed by atoms with van der Waals surface area (Å²) in [4.78, 5) is 29.1. The molecule has 1 saturated heterocycles. The standard InChI is InChI=1S/C25H30FN3O3/c1-2-11-28-21-13-29-20(10-9-18(25(29)32)16-5-7-17(26)8-6-16)23(28)22(19(21)14-30)24(31)27-12-15-3-4-15/h5-10,15,19,21-23,30H,2-4,11-14H2,1H3,(H,27,31)/t19-,21-,22+,23+/m0/s1. The molecule has 3 aliphatic rings. The molecule has 1 aromatic carbocycles. The van der Waals surface area contributed by atoms with Crippen molar-refractivity contribution < 1.29 is 14.3 Å². The van der Waals surface area contributed by atoms with Gasteiger partial charge in [0.25, 0.3) is 5.56 Å². The largest absolute Gasteiger partial charge is 0.396 e. The summed E-state index contributed by atoms with van der Waals surface area (Å²) in [5.41, 5.74) is 1.89. The van der Waals surface area contributed by atoms with Crippen LogP contribution in [0.1, 0.15) is 37.9 Å². The Labute approximate surface area is 187 Å². The number of nitrogens with zero attached hydrogens (tertiary/aromatic N) is 2. The molecule has 1 aliphatic carbocycles. The number of pyridine rings is 1. The Morgan fingerprint density at radius 1 is 1.19 bits per heavy atom. The highest BCUT2D eigenvalue weighted by atomic mass is 19.1. The van der Waals surface area contributed by atoms with E-state index in [0.717, 1.165) is 31.5 Å². The van der Waals surface area contributed by atoms with Gasteiger partial charge in [-0.25, -0.2) is 4.39 Å². The number of nitrogens with one attached hydrogen (secondary N) is 1. The van der Waals surface area contributed by atoms with Crippen molar-refractivity contribution in [1.82, 2.24) is 14.8 Å². The van der Waals surface area contributed by atoms with Gasteiger partial charge >= 0.3 is 0 Å². The summed E-state index contributed by atoms with van der Waals surface area (Å²) >= 11 is 0. The highest BCUT2D eigenvalue weighted by molar-refractivity contribution is 5.81. The van der Waals surface area contributed by atoms with Gasteiger partial charge in [0.15, 0.2) is 0 Å². The summed E-state index contributed by atoms with van der Waals surface area (Å²) in [6, 6.07) is 9.35. The zero-order valence-electron chi connectivity index (χ0n) is 18.3. The van der Waals surface area contributed by atoms with Crippen LogP contribution in [0, 0.1) is 23.6 Å². The van der Waals surface area contributed by atoms with E-state index >= 15 is 0 Å². The number of fused-ring (bicyclic) bond motifs is 4. The van der Waals surface area contributed by atoms with Crippen molar-refractivity contribution in [3.63, 3.8) is 0 Å². The number of halogens is 1. The molecular formula is C25H30FN3O3. The van der Waals surface area contributed by atoms with Crippen molar-refractivity contribution >= 4 is 5.91 Å². The van der Waals surface area contributed by atoms with Crippen LogP contribution in [0.15, 0.2) is 41.2 Å². The quantitative estimate of drug-likeness (QED) is 0.696. The van der Waals surface area contributed by atoms with Crippen LogP contribution in [0.4, 0.5) is 4.39 Å². The Morgan fingerprint density at radius 2 is 1.94 bits per heavy atom. The fourth-order valence-electron chi connectivity index (χ4n) is 5.62. The third-order valence-electron chi connectivity index (χ3n) is 7.37. The molecule has 4 atom stereocenters. The number of carbonyl (C=O) groups is 1. The van der Waals surface area contributed by atoms with Crippen molar-refractivity contribution in [2.24, 2.45) is 17.8 Å². The van der Waals surface area contributed by atoms with Gasteiger partial charge in [-0.1, -0.05) is 19.1 Å². The van der Waals surface area contributed by atoms with Gasteiger partial charge in [-0.3, -0.25) is 14.5 Å². The molecule has 0 unspecified atom stereocenters.